The molecule has 1 aromatic heterocycles. The second-order valence-electron chi connectivity index (χ2n) is 5.02. The third-order valence-corrected chi connectivity index (χ3v) is 4.15. The molecule has 1 fully saturated rings. The Morgan fingerprint density at radius 1 is 1.70 bits per heavy atom. The fourth-order valence-electron chi connectivity index (χ4n) is 2.41. The molecule has 1 saturated heterocycles. The topological polar surface area (TPSA) is 84.3 Å². The Balaban J connectivity index is 2.37. The SMILES string of the molecule is C=CC[C@]1(CS)O[C@@H](n2cc(C)c(=O)[nH]c2=O)C[C@@H]1O. The zero-order valence-corrected chi connectivity index (χ0v) is 12.1. The fourth-order valence-corrected chi connectivity index (χ4v) is 2.82. The van der Waals surface area contributed by atoms with Crippen molar-refractivity contribution in [2.45, 2.75) is 37.7 Å². The van der Waals surface area contributed by atoms with Gasteiger partial charge < -0.3 is 9.84 Å². The van der Waals surface area contributed by atoms with Crippen LogP contribution in [0.15, 0.2) is 28.4 Å². The zero-order chi connectivity index (χ0) is 14.9. The first kappa shape index (κ1) is 15.1. The van der Waals surface area contributed by atoms with Gasteiger partial charge in [0.05, 0.1) is 6.10 Å². The summed E-state index contributed by atoms with van der Waals surface area (Å²) in [5.41, 5.74) is -1.41. The fraction of sp³-hybridized carbons (Fsp3) is 0.538. The number of aliphatic hydroxyl groups excluding tert-OH is 1. The number of ether oxygens (including phenoxy) is 1. The molecule has 0 unspecified atom stereocenters. The Morgan fingerprint density at radius 3 is 3.00 bits per heavy atom. The van der Waals surface area contributed by atoms with Gasteiger partial charge in [-0.3, -0.25) is 14.3 Å². The molecule has 110 valence electrons. The average Bonchev–Trinajstić information content (AvgIpc) is 2.72. The van der Waals surface area contributed by atoms with Crippen molar-refractivity contribution in [1.29, 1.82) is 0 Å². The number of H-pyrrole nitrogens is 1. The van der Waals surface area contributed by atoms with Crippen molar-refractivity contribution in [3.05, 3.63) is 45.3 Å². The van der Waals surface area contributed by atoms with Crippen LogP contribution < -0.4 is 11.2 Å². The van der Waals surface area contributed by atoms with Crippen LogP contribution in [0.3, 0.4) is 0 Å². The summed E-state index contributed by atoms with van der Waals surface area (Å²) >= 11 is 4.23. The molecule has 20 heavy (non-hydrogen) atoms. The predicted molar refractivity (Wildman–Crippen MR) is 78.2 cm³/mol. The summed E-state index contributed by atoms with van der Waals surface area (Å²) in [4.78, 5) is 25.4. The van der Waals surface area contributed by atoms with Gasteiger partial charge in [0.15, 0.2) is 0 Å². The van der Waals surface area contributed by atoms with Crippen LogP contribution in [0.25, 0.3) is 0 Å². The van der Waals surface area contributed by atoms with E-state index < -0.39 is 29.2 Å². The average molecular weight is 298 g/mol. The molecule has 0 spiro atoms. The number of aryl methyl sites for hydroxylation is 1. The third-order valence-electron chi connectivity index (χ3n) is 3.62. The lowest BCUT2D eigenvalue weighted by Crippen LogP contribution is -2.41. The first-order valence-electron chi connectivity index (χ1n) is 6.33. The van der Waals surface area contributed by atoms with E-state index in [0.29, 0.717) is 17.7 Å². The number of aromatic amines is 1. The van der Waals surface area contributed by atoms with Gasteiger partial charge in [0.1, 0.15) is 11.8 Å². The van der Waals surface area contributed by atoms with Crippen LogP contribution in [0, 0.1) is 6.92 Å². The van der Waals surface area contributed by atoms with Gasteiger partial charge in [-0.25, -0.2) is 4.79 Å². The number of nitrogens with one attached hydrogen (secondary N) is 1. The second-order valence-corrected chi connectivity index (χ2v) is 5.33. The molecule has 7 heteroatoms. The highest BCUT2D eigenvalue weighted by Crippen LogP contribution is 2.39. The van der Waals surface area contributed by atoms with Gasteiger partial charge in [-0.2, -0.15) is 12.6 Å². The van der Waals surface area contributed by atoms with Gasteiger partial charge in [-0.1, -0.05) is 6.08 Å². The Labute approximate surface area is 121 Å². The number of thiol groups is 1. The maximum atomic E-state index is 11.8. The maximum Gasteiger partial charge on any atom is 0.330 e. The van der Waals surface area contributed by atoms with Crippen LogP contribution in [0.4, 0.5) is 0 Å². The van der Waals surface area contributed by atoms with E-state index in [4.69, 9.17) is 4.74 Å². The van der Waals surface area contributed by atoms with E-state index in [1.54, 1.807) is 13.0 Å². The van der Waals surface area contributed by atoms with Crippen molar-refractivity contribution in [1.82, 2.24) is 9.55 Å². The van der Waals surface area contributed by atoms with E-state index in [0.717, 1.165) is 0 Å². The van der Waals surface area contributed by atoms with Crippen LogP contribution in [0.5, 0.6) is 0 Å². The van der Waals surface area contributed by atoms with Gasteiger partial charge >= 0.3 is 5.69 Å². The van der Waals surface area contributed by atoms with Crippen LogP contribution >= 0.6 is 12.6 Å². The molecule has 0 aromatic carbocycles. The maximum absolute atomic E-state index is 11.8. The molecule has 1 aromatic rings. The molecule has 2 rings (SSSR count). The Morgan fingerprint density at radius 2 is 2.40 bits per heavy atom. The lowest BCUT2D eigenvalue weighted by molar-refractivity contribution is -0.0859. The predicted octanol–water partition coefficient (Wildman–Crippen LogP) is 0.370. The van der Waals surface area contributed by atoms with Gasteiger partial charge in [-0.15, -0.1) is 6.58 Å². The standard InChI is InChI=1S/C13H18N2O4S/c1-3-4-13(7-20)9(16)5-10(19-13)15-6-8(2)11(17)14-12(15)18/h3,6,9-10,16,20H,1,4-5,7H2,2H3,(H,14,17,18)/t9-,10+,13+/m0/s1. The molecule has 0 saturated carbocycles. The van der Waals surface area contributed by atoms with E-state index in [1.807, 2.05) is 0 Å². The summed E-state index contributed by atoms with van der Waals surface area (Å²) in [7, 11) is 0. The Hall–Kier alpha value is -1.31. The molecule has 1 aliphatic rings. The highest BCUT2D eigenvalue weighted by atomic mass is 32.1. The minimum atomic E-state index is -0.848. The smallest absolute Gasteiger partial charge is 0.330 e. The largest absolute Gasteiger partial charge is 0.390 e. The minimum Gasteiger partial charge on any atom is -0.390 e. The summed E-state index contributed by atoms with van der Waals surface area (Å²) in [5.74, 6) is 0.313. The summed E-state index contributed by atoms with van der Waals surface area (Å²) in [6.07, 6.45) is 2.43. The molecule has 3 atom stereocenters. The van der Waals surface area contributed by atoms with Gasteiger partial charge in [-0.05, 0) is 13.3 Å². The van der Waals surface area contributed by atoms with Gasteiger partial charge in [0.2, 0.25) is 0 Å². The van der Waals surface area contributed by atoms with Crippen LogP contribution in [0.2, 0.25) is 0 Å². The van der Waals surface area contributed by atoms with Crippen molar-refractivity contribution < 1.29 is 9.84 Å². The normalized spacial score (nSPS) is 29.6. The molecular weight excluding hydrogens is 280 g/mol. The lowest BCUT2D eigenvalue weighted by Gasteiger charge is -2.29. The van der Waals surface area contributed by atoms with Crippen LogP contribution in [-0.2, 0) is 4.74 Å². The lowest BCUT2D eigenvalue weighted by atomic mass is 9.95. The molecule has 2 heterocycles. The van der Waals surface area contributed by atoms with Crippen molar-refractivity contribution in [3.63, 3.8) is 0 Å². The number of hydrogen-bond acceptors (Lipinski definition) is 5. The molecule has 0 aliphatic carbocycles. The molecular formula is C13H18N2O4S. The molecule has 1 aliphatic heterocycles. The number of aromatic nitrogens is 2. The summed E-state index contributed by atoms with van der Waals surface area (Å²) in [6.45, 7) is 5.26. The number of aliphatic hydroxyl groups is 1. The monoisotopic (exact) mass is 298 g/mol. The number of hydrogen-bond donors (Lipinski definition) is 3. The summed E-state index contributed by atoms with van der Waals surface area (Å²) < 4.78 is 7.16. The van der Waals surface area contributed by atoms with Crippen LogP contribution in [0.1, 0.15) is 24.6 Å². The van der Waals surface area contributed by atoms with Crippen molar-refractivity contribution in [3.8, 4) is 0 Å². The quantitative estimate of drug-likeness (QED) is 0.554. The number of nitrogens with zero attached hydrogens (tertiary/aromatic N) is 1. The highest BCUT2D eigenvalue weighted by Gasteiger charge is 2.47. The van der Waals surface area contributed by atoms with Gasteiger partial charge in [0, 0.05) is 23.9 Å². The highest BCUT2D eigenvalue weighted by molar-refractivity contribution is 7.80. The van der Waals surface area contributed by atoms with E-state index in [9.17, 15) is 14.7 Å². The summed E-state index contributed by atoms with van der Waals surface area (Å²) in [5, 5.41) is 10.2. The zero-order valence-electron chi connectivity index (χ0n) is 11.2. The van der Waals surface area contributed by atoms with E-state index in [-0.39, 0.29) is 6.42 Å². The molecule has 2 N–H and O–H groups in total. The van der Waals surface area contributed by atoms with Gasteiger partial charge in [0.25, 0.3) is 5.56 Å². The van der Waals surface area contributed by atoms with E-state index >= 15 is 0 Å². The molecule has 6 nitrogen and oxygen atoms in total. The second kappa shape index (κ2) is 5.59. The Kier molecular flexibility index (Phi) is 4.22. The third kappa shape index (κ3) is 2.48. The Bertz CT molecular complexity index is 624. The van der Waals surface area contributed by atoms with Crippen molar-refractivity contribution in [2.75, 3.05) is 5.75 Å². The van der Waals surface area contributed by atoms with Crippen LogP contribution in [-0.4, -0.2) is 32.1 Å². The summed E-state index contributed by atoms with van der Waals surface area (Å²) in [6, 6.07) is 0. The first-order chi connectivity index (χ1) is 9.43. The van der Waals surface area contributed by atoms with Crippen molar-refractivity contribution in [2.24, 2.45) is 0 Å². The van der Waals surface area contributed by atoms with E-state index in [2.05, 4.69) is 24.2 Å². The number of rotatable bonds is 4. The molecule has 0 amide bonds. The van der Waals surface area contributed by atoms with Crippen molar-refractivity contribution >= 4 is 12.6 Å². The minimum absolute atomic E-state index is 0.264. The molecule has 0 radical (unpaired) electrons. The molecule has 0 bridgehead atoms. The van der Waals surface area contributed by atoms with E-state index in [1.165, 1.54) is 10.8 Å². The first-order valence-corrected chi connectivity index (χ1v) is 6.96.